The molecule has 0 spiro atoms. The highest BCUT2D eigenvalue weighted by atomic mass is 32.1. The fourth-order valence-electron chi connectivity index (χ4n) is 3.31. The zero-order chi connectivity index (χ0) is 18.8. The van der Waals surface area contributed by atoms with Crippen molar-refractivity contribution in [3.63, 3.8) is 0 Å². The van der Waals surface area contributed by atoms with E-state index in [2.05, 4.69) is 28.9 Å². The van der Waals surface area contributed by atoms with Gasteiger partial charge < -0.3 is 9.88 Å². The largest absolute Gasteiger partial charge is 0.322 e. The molecule has 0 aliphatic rings. The molecule has 27 heavy (non-hydrogen) atoms. The zero-order valence-electron chi connectivity index (χ0n) is 15.3. The molecule has 4 aromatic rings. The average Bonchev–Trinajstić information content (AvgIpc) is 3.31. The standard InChI is InChI=1S/C23H20N2OS/c1-16-12-17(2)14-19(13-16)24-23(26)22-21(25-10-6-7-11-25)20(15-27-22)18-8-4-3-5-9-18/h3-15H,1-2H3,(H,24,26). The molecule has 0 aliphatic carbocycles. The highest BCUT2D eigenvalue weighted by Crippen LogP contribution is 2.35. The van der Waals surface area contributed by atoms with Gasteiger partial charge in [0.25, 0.3) is 5.91 Å². The number of rotatable bonds is 4. The Hall–Kier alpha value is -3.11. The molecule has 4 rings (SSSR count). The van der Waals surface area contributed by atoms with Gasteiger partial charge in [0.1, 0.15) is 4.88 Å². The van der Waals surface area contributed by atoms with E-state index in [1.807, 2.05) is 73.3 Å². The van der Waals surface area contributed by atoms with Crippen molar-refractivity contribution in [1.82, 2.24) is 4.57 Å². The van der Waals surface area contributed by atoms with Gasteiger partial charge in [-0.05, 0) is 54.8 Å². The van der Waals surface area contributed by atoms with E-state index in [1.54, 1.807) is 0 Å². The van der Waals surface area contributed by atoms with Crippen molar-refractivity contribution in [3.05, 3.63) is 94.4 Å². The number of nitrogens with zero attached hydrogens (tertiary/aromatic N) is 1. The van der Waals surface area contributed by atoms with Crippen molar-refractivity contribution < 1.29 is 4.79 Å². The van der Waals surface area contributed by atoms with Crippen LogP contribution in [0.25, 0.3) is 16.8 Å². The summed E-state index contributed by atoms with van der Waals surface area (Å²) < 4.78 is 2.01. The Labute approximate surface area is 162 Å². The van der Waals surface area contributed by atoms with E-state index < -0.39 is 0 Å². The van der Waals surface area contributed by atoms with Gasteiger partial charge in [-0.15, -0.1) is 11.3 Å². The van der Waals surface area contributed by atoms with Gasteiger partial charge in [0.05, 0.1) is 5.69 Å². The second kappa shape index (κ2) is 7.25. The van der Waals surface area contributed by atoms with Gasteiger partial charge in [0.2, 0.25) is 0 Å². The lowest BCUT2D eigenvalue weighted by atomic mass is 10.1. The summed E-state index contributed by atoms with van der Waals surface area (Å²) in [7, 11) is 0. The first-order valence-corrected chi connectivity index (χ1v) is 9.70. The van der Waals surface area contributed by atoms with Crippen LogP contribution in [-0.4, -0.2) is 10.5 Å². The van der Waals surface area contributed by atoms with Crippen molar-refractivity contribution in [3.8, 4) is 16.8 Å². The molecule has 0 aliphatic heterocycles. The van der Waals surface area contributed by atoms with E-state index in [9.17, 15) is 4.79 Å². The topological polar surface area (TPSA) is 34.0 Å². The molecule has 4 heteroatoms. The SMILES string of the molecule is Cc1cc(C)cc(NC(=O)c2scc(-c3ccccc3)c2-n2cccc2)c1. The van der Waals surface area contributed by atoms with Gasteiger partial charge in [0, 0.05) is 29.0 Å². The molecule has 0 fully saturated rings. The molecule has 0 bridgehead atoms. The van der Waals surface area contributed by atoms with Crippen LogP contribution in [0.4, 0.5) is 5.69 Å². The van der Waals surface area contributed by atoms with Gasteiger partial charge in [0.15, 0.2) is 0 Å². The summed E-state index contributed by atoms with van der Waals surface area (Å²) in [5, 5.41) is 5.12. The molecule has 1 N–H and O–H groups in total. The van der Waals surface area contributed by atoms with Crippen molar-refractivity contribution in [2.45, 2.75) is 13.8 Å². The third-order valence-corrected chi connectivity index (χ3v) is 5.37. The van der Waals surface area contributed by atoms with Crippen LogP contribution in [0.1, 0.15) is 20.8 Å². The Morgan fingerprint density at radius 2 is 1.59 bits per heavy atom. The minimum absolute atomic E-state index is 0.0871. The van der Waals surface area contributed by atoms with Crippen LogP contribution in [0.2, 0.25) is 0 Å². The monoisotopic (exact) mass is 372 g/mol. The highest BCUT2D eigenvalue weighted by molar-refractivity contribution is 7.13. The zero-order valence-corrected chi connectivity index (χ0v) is 16.1. The summed E-state index contributed by atoms with van der Waals surface area (Å²) in [6.45, 7) is 4.07. The maximum Gasteiger partial charge on any atom is 0.267 e. The van der Waals surface area contributed by atoms with Crippen molar-refractivity contribution in [1.29, 1.82) is 0 Å². The van der Waals surface area contributed by atoms with Crippen LogP contribution in [0.15, 0.2) is 78.4 Å². The number of carbonyl (C=O) groups is 1. The van der Waals surface area contributed by atoms with E-state index in [4.69, 9.17) is 0 Å². The number of anilines is 1. The Morgan fingerprint density at radius 1 is 0.926 bits per heavy atom. The lowest BCUT2D eigenvalue weighted by molar-refractivity contribution is 0.103. The number of nitrogens with one attached hydrogen (secondary N) is 1. The van der Waals surface area contributed by atoms with Crippen LogP contribution in [0, 0.1) is 13.8 Å². The lowest BCUT2D eigenvalue weighted by Crippen LogP contribution is -2.13. The smallest absolute Gasteiger partial charge is 0.267 e. The van der Waals surface area contributed by atoms with Crippen LogP contribution in [0.5, 0.6) is 0 Å². The minimum atomic E-state index is -0.0871. The number of aryl methyl sites for hydroxylation is 2. The Kier molecular flexibility index (Phi) is 4.65. The molecular weight excluding hydrogens is 352 g/mol. The Balaban J connectivity index is 1.76. The predicted molar refractivity (Wildman–Crippen MR) is 113 cm³/mol. The quantitative estimate of drug-likeness (QED) is 0.463. The van der Waals surface area contributed by atoms with Gasteiger partial charge in [-0.25, -0.2) is 0 Å². The third kappa shape index (κ3) is 3.57. The van der Waals surface area contributed by atoms with Crippen molar-refractivity contribution in [2.24, 2.45) is 0 Å². The van der Waals surface area contributed by atoms with Gasteiger partial charge in [-0.1, -0.05) is 36.4 Å². The van der Waals surface area contributed by atoms with E-state index in [0.29, 0.717) is 4.88 Å². The highest BCUT2D eigenvalue weighted by Gasteiger charge is 2.20. The Morgan fingerprint density at radius 3 is 2.26 bits per heavy atom. The number of hydrogen-bond donors (Lipinski definition) is 1. The predicted octanol–water partition coefficient (Wildman–Crippen LogP) is 6.07. The second-order valence-electron chi connectivity index (χ2n) is 6.61. The first-order valence-electron chi connectivity index (χ1n) is 8.82. The number of aromatic nitrogens is 1. The van der Waals surface area contributed by atoms with E-state index in [-0.39, 0.29) is 5.91 Å². The van der Waals surface area contributed by atoms with Gasteiger partial charge in [-0.2, -0.15) is 0 Å². The fraction of sp³-hybridized carbons (Fsp3) is 0.0870. The number of amides is 1. The summed E-state index contributed by atoms with van der Waals surface area (Å²) in [5.41, 5.74) is 6.16. The van der Waals surface area contributed by atoms with E-state index in [1.165, 1.54) is 11.3 Å². The van der Waals surface area contributed by atoms with Crippen LogP contribution >= 0.6 is 11.3 Å². The number of carbonyl (C=O) groups excluding carboxylic acids is 1. The third-order valence-electron chi connectivity index (χ3n) is 4.40. The molecule has 0 saturated carbocycles. The number of thiophene rings is 1. The summed E-state index contributed by atoms with van der Waals surface area (Å²) in [6, 6.07) is 20.2. The molecule has 0 radical (unpaired) electrons. The number of benzene rings is 2. The van der Waals surface area contributed by atoms with E-state index >= 15 is 0 Å². The van der Waals surface area contributed by atoms with Crippen LogP contribution in [-0.2, 0) is 0 Å². The van der Waals surface area contributed by atoms with Crippen LogP contribution < -0.4 is 5.32 Å². The second-order valence-corrected chi connectivity index (χ2v) is 7.49. The maximum atomic E-state index is 13.1. The van der Waals surface area contributed by atoms with E-state index in [0.717, 1.165) is 33.6 Å². The molecule has 2 aromatic heterocycles. The molecule has 2 aromatic carbocycles. The normalized spacial score (nSPS) is 10.7. The molecule has 0 atom stereocenters. The minimum Gasteiger partial charge on any atom is -0.322 e. The van der Waals surface area contributed by atoms with Gasteiger partial charge >= 0.3 is 0 Å². The molecule has 1 amide bonds. The molecular formula is C23H20N2OS. The maximum absolute atomic E-state index is 13.1. The molecule has 134 valence electrons. The fourth-order valence-corrected chi connectivity index (χ4v) is 4.28. The summed E-state index contributed by atoms with van der Waals surface area (Å²) >= 11 is 1.47. The molecule has 2 heterocycles. The first-order chi connectivity index (χ1) is 13.1. The van der Waals surface area contributed by atoms with Gasteiger partial charge in [-0.3, -0.25) is 4.79 Å². The van der Waals surface area contributed by atoms with Crippen molar-refractivity contribution in [2.75, 3.05) is 5.32 Å². The summed E-state index contributed by atoms with van der Waals surface area (Å²) in [4.78, 5) is 13.8. The Bertz CT molecular complexity index is 1060. The first kappa shape index (κ1) is 17.3. The number of hydrogen-bond acceptors (Lipinski definition) is 2. The average molecular weight is 372 g/mol. The summed E-state index contributed by atoms with van der Waals surface area (Å²) in [5.74, 6) is -0.0871. The molecule has 0 unspecified atom stereocenters. The molecule has 3 nitrogen and oxygen atoms in total. The van der Waals surface area contributed by atoms with Crippen LogP contribution in [0.3, 0.4) is 0 Å². The molecule has 0 saturated heterocycles. The lowest BCUT2D eigenvalue weighted by Gasteiger charge is -2.11. The van der Waals surface area contributed by atoms with Crippen molar-refractivity contribution >= 4 is 22.9 Å². The summed E-state index contributed by atoms with van der Waals surface area (Å²) in [6.07, 6.45) is 3.95.